The fourth-order valence-electron chi connectivity index (χ4n) is 3.85. The second-order valence-corrected chi connectivity index (χ2v) is 7.96. The molecule has 1 saturated heterocycles. The normalized spacial score (nSPS) is 21.4. The highest BCUT2D eigenvalue weighted by molar-refractivity contribution is 5.98. The number of hydrogen-bond donors (Lipinski definition) is 1. The molecule has 0 radical (unpaired) electrons. The highest BCUT2D eigenvalue weighted by Gasteiger charge is 2.35. The number of fused-ring (bicyclic) bond motifs is 1. The molecule has 1 amide bonds. The lowest BCUT2D eigenvalue weighted by atomic mass is 9.79. The van der Waals surface area contributed by atoms with Crippen molar-refractivity contribution in [2.24, 2.45) is 11.1 Å². The molecule has 1 atom stereocenters. The van der Waals surface area contributed by atoms with E-state index in [1.165, 1.54) is 17.5 Å². The highest BCUT2D eigenvalue weighted by Crippen LogP contribution is 2.28. The quantitative estimate of drug-likeness (QED) is 0.835. The van der Waals surface area contributed by atoms with E-state index in [2.05, 4.69) is 19.9 Å². The van der Waals surface area contributed by atoms with Gasteiger partial charge in [0.05, 0.1) is 0 Å². The maximum atomic E-state index is 12.4. The van der Waals surface area contributed by atoms with Crippen LogP contribution >= 0.6 is 12.4 Å². The largest absolute Gasteiger partial charge is 0.342 e. The van der Waals surface area contributed by atoms with Gasteiger partial charge in [-0.05, 0) is 48.3 Å². The van der Waals surface area contributed by atoms with Gasteiger partial charge in [0.1, 0.15) is 0 Å². The van der Waals surface area contributed by atoms with Gasteiger partial charge in [-0.1, -0.05) is 26.0 Å². The lowest BCUT2D eigenvalue weighted by molar-refractivity contribution is -0.134. The molecule has 0 spiro atoms. The van der Waals surface area contributed by atoms with Crippen LogP contribution in [0.5, 0.6) is 0 Å². The van der Waals surface area contributed by atoms with Gasteiger partial charge >= 0.3 is 0 Å². The molecule has 1 fully saturated rings. The van der Waals surface area contributed by atoms with Gasteiger partial charge in [0.2, 0.25) is 5.91 Å². The number of halogens is 1. The molecular weight excluding hydrogens is 336 g/mol. The third kappa shape index (κ3) is 4.42. The fraction of sp³-hybridized carbons (Fsp3) is 0.600. The molecule has 1 aromatic carbocycles. The minimum atomic E-state index is -0.0576. The molecule has 0 aromatic heterocycles. The Morgan fingerprint density at radius 3 is 2.64 bits per heavy atom. The van der Waals surface area contributed by atoms with Crippen LogP contribution in [0.3, 0.4) is 0 Å². The summed E-state index contributed by atoms with van der Waals surface area (Å²) in [6.45, 7) is 5.59. The summed E-state index contributed by atoms with van der Waals surface area (Å²) in [5.41, 5.74) is 9.50. The number of nitrogens with zero attached hydrogens (tertiary/aromatic N) is 1. The van der Waals surface area contributed by atoms with E-state index in [0.29, 0.717) is 25.9 Å². The molecule has 5 heteroatoms. The average molecular weight is 365 g/mol. The first-order valence-electron chi connectivity index (χ1n) is 9.05. The third-order valence-electron chi connectivity index (χ3n) is 5.65. The molecule has 1 aromatic rings. The summed E-state index contributed by atoms with van der Waals surface area (Å²) in [7, 11) is 0. The number of hydrogen-bond acceptors (Lipinski definition) is 3. The zero-order valence-electron chi connectivity index (χ0n) is 15.2. The van der Waals surface area contributed by atoms with Crippen LogP contribution in [0.2, 0.25) is 0 Å². The minimum Gasteiger partial charge on any atom is -0.342 e. The Morgan fingerprint density at radius 2 is 1.92 bits per heavy atom. The third-order valence-corrected chi connectivity index (χ3v) is 5.65. The summed E-state index contributed by atoms with van der Waals surface area (Å²) < 4.78 is 0. The van der Waals surface area contributed by atoms with Gasteiger partial charge in [0, 0.05) is 37.5 Å². The Bertz CT molecular complexity index is 657. The number of likely N-dealkylation sites (tertiary alicyclic amines) is 1. The monoisotopic (exact) mass is 364 g/mol. The van der Waals surface area contributed by atoms with Crippen LogP contribution in [0, 0.1) is 5.41 Å². The molecule has 25 heavy (non-hydrogen) atoms. The van der Waals surface area contributed by atoms with Gasteiger partial charge in [-0.2, -0.15) is 0 Å². The van der Waals surface area contributed by atoms with Crippen LogP contribution in [0.4, 0.5) is 0 Å². The number of aryl methyl sites for hydroxylation is 2. The van der Waals surface area contributed by atoms with Crippen LogP contribution in [0.25, 0.3) is 0 Å². The van der Waals surface area contributed by atoms with E-state index in [1.807, 2.05) is 17.0 Å². The van der Waals surface area contributed by atoms with Crippen LogP contribution in [-0.4, -0.2) is 35.7 Å². The van der Waals surface area contributed by atoms with E-state index in [0.717, 1.165) is 24.8 Å². The van der Waals surface area contributed by atoms with Gasteiger partial charge in [0.15, 0.2) is 5.78 Å². The summed E-state index contributed by atoms with van der Waals surface area (Å²) in [5.74, 6) is 0.149. The van der Waals surface area contributed by atoms with Crippen molar-refractivity contribution in [3.05, 3.63) is 34.9 Å². The number of benzene rings is 1. The molecule has 2 aliphatic rings. The van der Waals surface area contributed by atoms with Crippen molar-refractivity contribution < 1.29 is 9.59 Å². The van der Waals surface area contributed by atoms with Crippen LogP contribution in [0.15, 0.2) is 18.2 Å². The number of ketones is 1. The number of amides is 1. The SMILES string of the molecule is CC1(C)CN(C(=O)CCC(=O)c2ccc3c(c2)CCC3)CCC1N.Cl. The van der Waals surface area contributed by atoms with Crippen molar-refractivity contribution in [3.8, 4) is 0 Å². The average Bonchev–Trinajstić information content (AvgIpc) is 3.02. The van der Waals surface area contributed by atoms with Crippen molar-refractivity contribution in [3.63, 3.8) is 0 Å². The molecular formula is C20H29ClN2O2. The summed E-state index contributed by atoms with van der Waals surface area (Å²) in [6.07, 6.45) is 4.78. The second-order valence-electron chi connectivity index (χ2n) is 7.96. The van der Waals surface area contributed by atoms with Gasteiger partial charge < -0.3 is 10.6 Å². The summed E-state index contributed by atoms with van der Waals surface area (Å²) in [6, 6.07) is 6.15. The predicted molar refractivity (Wildman–Crippen MR) is 102 cm³/mol. The fourth-order valence-corrected chi connectivity index (χ4v) is 3.85. The van der Waals surface area contributed by atoms with E-state index < -0.39 is 0 Å². The molecule has 138 valence electrons. The van der Waals surface area contributed by atoms with E-state index in [9.17, 15) is 9.59 Å². The van der Waals surface area contributed by atoms with E-state index >= 15 is 0 Å². The van der Waals surface area contributed by atoms with Gasteiger partial charge in [-0.25, -0.2) is 0 Å². The molecule has 2 N–H and O–H groups in total. The number of piperidine rings is 1. The maximum Gasteiger partial charge on any atom is 0.223 e. The molecule has 0 saturated carbocycles. The first-order valence-corrected chi connectivity index (χ1v) is 9.05. The molecule has 3 rings (SSSR count). The Labute approximate surface area is 156 Å². The predicted octanol–water partition coefficient (Wildman–Crippen LogP) is 3.15. The number of carbonyl (C=O) groups excluding carboxylic acids is 2. The van der Waals surface area contributed by atoms with Crippen molar-refractivity contribution in [2.75, 3.05) is 13.1 Å². The van der Waals surface area contributed by atoms with Crippen molar-refractivity contribution in [1.82, 2.24) is 4.90 Å². The second kappa shape index (κ2) is 7.88. The summed E-state index contributed by atoms with van der Waals surface area (Å²) in [5, 5.41) is 0. The molecule has 1 unspecified atom stereocenters. The van der Waals surface area contributed by atoms with E-state index in [4.69, 9.17) is 5.73 Å². The van der Waals surface area contributed by atoms with Crippen molar-refractivity contribution >= 4 is 24.1 Å². The standard InChI is InChI=1S/C20H28N2O2.ClH/c1-20(2)13-22(11-10-18(20)21)19(24)9-8-17(23)16-7-6-14-4-3-5-15(14)12-16;/h6-7,12,18H,3-5,8-11,13,21H2,1-2H3;1H. The van der Waals surface area contributed by atoms with E-state index in [1.54, 1.807) is 0 Å². The maximum absolute atomic E-state index is 12.4. The minimum absolute atomic E-state index is 0. The zero-order chi connectivity index (χ0) is 17.3. The number of Topliss-reactive ketones (excluding diaryl/α,β-unsaturated/α-hetero) is 1. The molecule has 1 aliphatic heterocycles. The van der Waals surface area contributed by atoms with Gasteiger partial charge in [0.25, 0.3) is 0 Å². The lowest BCUT2D eigenvalue weighted by Gasteiger charge is -2.42. The summed E-state index contributed by atoms with van der Waals surface area (Å²) >= 11 is 0. The number of nitrogens with two attached hydrogens (primary N) is 1. The Balaban J connectivity index is 0.00000225. The Kier molecular flexibility index (Phi) is 6.28. The molecule has 0 bridgehead atoms. The number of rotatable bonds is 4. The Hall–Kier alpha value is -1.39. The first-order chi connectivity index (χ1) is 11.4. The highest BCUT2D eigenvalue weighted by atomic mass is 35.5. The van der Waals surface area contributed by atoms with Crippen molar-refractivity contribution in [2.45, 2.75) is 58.4 Å². The topological polar surface area (TPSA) is 63.4 Å². The molecule has 1 heterocycles. The Morgan fingerprint density at radius 1 is 1.20 bits per heavy atom. The van der Waals surface area contributed by atoms with Crippen LogP contribution < -0.4 is 5.73 Å². The first kappa shape index (κ1) is 19.9. The molecule has 4 nitrogen and oxygen atoms in total. The van der Waals surface area contributed by atoms with Crippen LogP contribution in [0.1, 0.15) is 61.0 Å². The van der Waals surface area contributed by atoms with Gasteiger partial charge in [-0.3, -0.25) is 9.59 Å². The smallest absolute Gasteiger partial charge is 0.223 e. The zero-order valence-corrected chi connectivity index (χ0v) is 16.0. The van der Waals surface area contributed by atoms with Gasteiger partial charge in [-0.15, -0.1) is 12.4 Å². The lowest BCUT2D eigenvalue weighted by Crippen LogP contribution is -2.54. The van der Waals surface area contributed by atoms with Crippen molar-refractivity contribution in [1.29, 1.82) is 0 Å². The summed E-state index contributed by atoms with van der Waals surface area (Å²) in [4.78, 5) is 26.7. The molecule has 1 aliphatic carbocycles. The van der Waals surface area contributed by atoms with E-state index in [-0.39, 0.29) is 35.6 Å². The number of carbonyl (C=O) groups is 2. The van der Waals surface area contributed by atoms with Crippen LogP contribution in [-0.2, 0) is 17.6 Å².